The third-order valence-electron chi connectivity index (χ3n) is 5.34. The van der Waals surface area contributed by atoms with Gasteiger partial charge >= 0.3 is 0 Å². The number of hydrogen-bond donors (Lipinski definition) is 0. The van der Waals surface area contributed by atoms with E-state index in [2.05, 4.69) is 79.1 Å². The van der Waals surface area contributed by atoms with Gasteiger partial charge in [-0.3, -0.25) is 4.90 Å². The fourth-order valence-corrected chi connectivity index (χ4v) is 3.67. The highest BCUT2D eigenvalue weighted by Gasteiger charge is 2.21. The molecule has 2 aromatic carbocycles. The summed E-state index contributed by atoms with van der Waals surface area (Å²) in [5.41, 5.74) is 5.63. The lowest BCUT2D eigenvalue weighted by Gasteiger charge is -2.39. The molecule has 0 spiro atoms. The van der Waals surface area contributed by atoms with E-state index in [0.717, 1.165) is 13.1 Å². The molecule has 2 aromatic rings. The van der Waals surface area contributed by atoms with Crippen molar-refractivity contribution in [3.8, 4) is 0 Å². The van der Waals surface area contributed by atoms with Crippen LogP contribution in [0.25, 0.3) is 0 Å². The number of anilines is 1. The summed E-state index contributed by atoms with van der Waals surface area (Å²) in [6.07, 6.45) is 2.42. The van der Waals surface area contributed by atoms with Gasteiger partial charge in [0, 0.05) is 37.9 Å². The smallest absolute Gasteiger partial charge is 0.0399 e. The van der Waals surface area contributed by atoms with Crippen molar-refractivity contribution in [2.75, 3.05) is 31.1 Å². The minimum absolute atomic E-state index is 0.658. The minimum atomic E-state index is 0.658. The molecule has 0 radical (unpaired) electrons. The predicted molar refractivity (Wildman–Crippen MR) is 104 cm³/mol. The molecule has 0 N–H and O–H groups in total. The first-order chi connectivity index (χ1) is 11.6. The van der Waals surface area contributed by atoms with Gasteiger partial charge in [0.05, 0.1) is 0 Å². The number of benzene rings is 2. The molecule has 24 heavy (non-hydrogen) atoms. The van der Waals surface area contributed by atoms with Crippen molar-refractivity contribution in [1.82, 2.24) is 4.90 Å². The van der Waals surface area contributed by atoms with Crippen LogP contribution >= 0.6 is 0 Å². The Bertz CT molecular complexity index is 642. The summed E-state index contributed by atoms with van der Waals surface area (Å²) in [5.74, 6) is 0. The maximum atomic E-state index is 2.66. The average molecular weight is 322 g/mol. The Balaban J connectivity index is 1.52. The van der Waals surface area contributed by atoms with E-state index in [1.165, 1.54) is 48.3 Å². The average Bonchev–Trinajstić information content (AvgIpc) is 2.63. The zero-order valence-corrected chi connectivity index (χ0v) is 15.3. The highest BCUT2D eigenvalue weighted by atomic mass is 15.3. The van der Waals surface area contributed by atoms with E-state index in [4.69, 9.17) is 0 Å². The molecule has 1 atom stereocenters. The zero-order valence-electron chi connectivity index (χ0n) is 15.3. The van der Waals surface area contributed by atoms with Crippen LogP contribution in [0.4, 0.5) is 5.69 Å². The molecule has 0 aromatic heterocycles. The fraction of sp³-hybridized carbons (Fsp3) is 0.455. The predicted octanol–water partition coefficient (Wildman–Crippen LogP) is 4.45. The maximum Gasteiger partial charge on any atom is 0.0399 e. The van der Waals surface area contributed by atoms with Crippen molar-refractivity contribution < 1.29 is 0 Å². The largest absolute Gasteiger partial charge is 0.369 e. The van der Waals surface area contributed by atoms with E-state index in [0.29, 0.717) is 6.04 Å². The monoisotopic (exact) mass is 322 g/mol. The molecule has 3 rings (SSSR count). The van der Waals surface area contributed by atoms with E-state index in [-0.39, 0.29) is 0 Å². The quantitative estimate of drug-likeness (QED) is 0.802. The van der Waals surface area contributed by atoms with Crippen LogP contribution in [-0.4, -0.2) is 37.1 Å². The van der Waals surface area contributed by atoms with Crippen LogP contribution in [0.5, 0.6) is 0 Å². The van der Waals surface area contributed by atoms with Crippen molar-refractivity contribution in [3.05, 3.63) is 65.2 Å². The van der Waals surface area contributed by atoms with Gasteiger partial charge in [0.15, 0.2) is 0 Å². The first-order valence-corrected chi connectivity index (χ1v) is 9.23. The Hall–Kier alpha value is -1.80. The molecule has 0 unspecified atom stereocenters. The van der Waals surface area contributed by atoms with Crippen molar-refractivity contribution in [3.63, 3.8) is 0 Å². The zero-order chi connectivity index (χ0) is 16.9. The second-order valence-electron chi connectivity index (χ2n) is 7.19. The summed E-state index contributed by atoms with van der Waals surface area (Å²) < 4.78 is 0. The van der Waals surface area contributed by atoms with Crippen LogP contribution in [0.3, 0.4) is 0 Å². The Morgan fingerprint density at radius 1 is 0.917 bits per heavy atom. The SMILES string of the molecule is Cc1ccc(C)c(N2CCN([C@H](C)CCc3ccccc3)CC2)c1. The Kier molecular flexibility index (Phi) is 5.57. The summed E-state index contributed by atoms with van der Waals surface area (Å²) >= 11 is 0. The molecule has 0 aliphatic carbocycles. The van der Waals surface area contributed by atoms with Crippen LogP contribution < -0.4 is 4.90 Å². The van der Waals surface area contributed by atoms with E-state index >= 15 is 0 Å². The van der Waals surface area contributed by atoms with Gasteiger partial charge in [-0.2, -0.15) is 0 Å². The van der Waals surface area contributed by atoms with E-state index in [9.17, 15) is 0 Å². The van der Waals surface area contributed by atoms with Gasteiger partial charge in [-0.25, -0.2) is 0 Å². The number of hydrogen-bond acceptors (Lipinski definition) is 2. The highest BCUT2D eigenvalue weighted by molar-refractivity contribution is 5.55. The molecule has 0 amide bonds. The maximum absolute atomic E-state index is 2.66. The molecule has 1 fully saturated rings. The highest BCUT2D eigenvalue weighted by Crippen LogP contribution is 2.23. The van der Waals surface area contributed by atoms with Crippen LogP contribution in [-0.2, 0) is 6.42 Å². The van der Waals surface area contributed by atoms with Crippen molar-refractivity contribution in [2.45, 2.75) is 39.7 Å². The van der Waals surface area contributed by atoms with Crippen molar-refractivity contribution in [2.24, 2.45) is 0 Å². The number of piperazine rings is 1. The minimum Gasteiger partial charge on any atom is -0.369 e. The molecule has 0 saturated carbocycles. The molecule has 0 bridgehead atoms. The van der Waals surface area contributed by atoms with Crippen LogP contribution in [0.15, 0.2) is 48.5 Å². The van der Waals surface area contributed by atoms with E-state index in [1.807, 2.05) is 0 Å². The summed E-state index contributed by atoms with van der Waals surface area (Å²) in [5, 5.41) is 0. The molecule has 1 heterocycles. The van der Waals surface area contributed by atoms with Crippen LogP contribution in [0.2, 0.25) is 0 Å². The lowest BCUT2D eigenvalue weighted by atomic mass is 10.0. The Labute approximate surface area is 147 Å². The van der Waals surface area contributed by atoms with E-state index < -0.39 is 0 Å². The topological polar surface area (TPSA) is 6.48 Å². The van der Waals surface area contributed by atoms with Gasteiger partial charge in [0.2, 0.25) is 0 Å². The first kappa shape index (κ1) is 17.0. The Morgan fingerprint density at radius 3 is 2.33 bits per heavy atom. The standard InChI is InChI=1S/C22H30N2/c1-18-9-10-19(2)22(17-18)24-15-13-23(14-16-24)20(3)11-12-21-7-5-4-6-8-21/h4-10,17,20H,11-16H2,1-3H3/t20-/m1/s1. The molecular formula is C22H30N2. The van der Waals surface area contributed by atoms with E-state index in [1.54, 1.807) is 0 Å². The molecule has 1 saturated heterocycles. The van der Waals surface area contributed by atoms with Gasteiger partial charge in [-0.05, 0) is 56.4 Å². The van der Waals surface area contributed by atoms with Gasteiger partial charge in [-0.15, -0.1) is 0 Å². The second-order valence-corrected chi connectivity index (χ2v) is 7.19. The van der Waals surface area contributed by atoms with Crippen molar-refractivity contribution >= 4 is 5.69 Å². The molecule has 1 aliphatic rings. The second kappa shape index (κ2) is 7.85. The van der Waals surface area contributed by atoms with Crippen molar-refractivity contribution in [1.29, 1.82) is 0 Å². The summed E-state index contributed by atoms with van der Waals surface area (Å²) in [7, 11) is 0. The summed E-state index contributed by atoms with van der Waals surface area (Å²) in [6.45, 7) is 11.4. The molecule has 2 heteroatoms. The van der Waals surface area contributed by atoms with Gasteiger partial charge in [0.1, 0.15) is 0 Å². The third kappa shape index (κ3) is 4.18. The Morgan fingerprint density at radius 2 is 1.62 bits per heavy atom. The molecule has 1 aliphatic heterocycles. The normalized spacial score (nSPS) is 17.0. The number of aryl methyl sites for hydroxylation is 3. The lowest BCUT2D eigenvalue weighted by molar-refractivity contribution is 0.188. The third-order valence-corrected chi connectivity index (χ3v) is 5.34. The van der Waals surface area contributed by atoms with Crippen LogP contribution in [0, 0.1) is 13.8 Å². The molecule has 128 valence electrons. The summed E-state index contributed by atoms with van der Waals surface area (Å²) in [6, 6.07) is 18.3. The first-order valence-electron chi connectivity index (χ1n) is 9.23. The number of nitrogens with zero attached hydrogens (tertiary/aromatic N) is 2. The van der Waals surface area contributed by atoms with Gasteiger partial charge < -0.3 is 4.90 Å². The lowest BCUT2D eigenvalue weighted by Crippen LogP contribution is -2.49. The number of rotatable bonds is 5. The summed E-state index contributed by atoms with van der Waals surface area (Å²) in [4.78, 5) is 5.22. The van der Waals surface area contributed by atoms with Gasteiger partial charge in [0.25, 0.3) is 0 Å². The molecular weight excluding hydrogens is 292 g/mol. The van der Waals surface area contributed by atoms with Crippen LogP contribution in [0.1, 0.15) is 30.0 Å². The van der Waals surface area contributed by atoms with Gasteiger partial charge in [-0.1, -0.05) is 42.5 Å². The molecule has 2 nitrogen and oxygen atoms in total. The fourth-order valence-electron chi connectivity index (χ4n) is 3.67.